The minimum absolute atomic E-state index is 0.103. The first-order valence-electron chi connectivity index (χ1n) is 10.4. The van der Waals surface area contributed by atoms with E-state index in [1.807, 2.05) is 30.0 Å². The molecule has 4 rings (SSSR count). The van der Waals surface area contributed by atoms with E-state index in [4.69, 9.17) is 0 Å². The van der Waals surface area contributed by atoms with Gasteiger partial charge in [0.05, 0.1) is 23.6 Å². The molecule has 0 radical (unpaired) electrons. The summed E-state index contributed by atoms with van der Waals surface area (Å²) in [6.45, 7) is 4.59. The highest BCUT2D eigenvalue weighted by Crippen LogP contribution is 2.33. The van der Waals surface area contributed by atoms with Crippen LogP contribution in [-0.4, -0.2) is 48.6 Å². The topological polar surface area (TPSA) is 76.8 Å². The zero-order valence-corrected chi connectivity index (χ0v) is 18.5. The molecule has 3 heterocycles. The molecule has 1 amide bonds. The van der Waals surface area contributed by atoms with Crippen molar-refractivity contribution in [3.05, 3.63) is 51.7 Å². The molecule has 0 spiro atoms. The summed E-state index contributed by atoms with van der Waals surface area (Å²) in [5.74, 6) is 0.101. The molecule has 2 atom stereocenters. The summed E-state index contributed by atoms with van der Waals surface area (Å²) in [7, 11) is 0. The molecule has 1 aliphatic rings. The fraction of sp³-hybridized carbons (Fsp3) is 0.476. The smallest absolute Gasteiger partial charge is 0.335 e. The Hall–Kier alpha value is -2.82. The molecule has 170 valence electrons. The van der Waals surface area contributed by atoms with Gasteiger partial charge in [0.2, 0.25) is 5.01 Å². The number of halogens is 3. The maximum absolute atomic E-state index is 13.7. The van der Waals surface area contributed by atoms with E-state index in [0.717, 1.165) is 18.4 Å². The molecule has 3 aromatic rings. The summed E-state index contributed by atoms with van der Waals surface area (Å²) in [4.78, 5) is 16.9. The molecule has 0 N–H and O–H groups in total. The second kappa shape index (κ2) is 8.97. The number of aromatic nitrogens is 5. The molecular weight excluding hydrogens is 441 g/mol. The molecule has 1 fully saturated rings. The Morgan fingerprint density at radius 1 is 1.22 bits per heavy atom. The number of carbonyl (C=O) groups is 1. The van der Waals surface area contributed by atoms with Gasteiger partial charge in [0.1, 0.15) is 5.01 Å². The van der Waals surface area contributed by atoms with E-state index in [0.29, 0.717) is 47.0 Å². The van der Waals surface area contributed by atoms with Crippen molar-refractivity contribution in [2.45, 2.75) is 51.7 Å². The Kier molecular flexibility index (Phi) is 6.27. The number of alkyl halides is 3. The molecule has 0 aliphatic carbocycles. The number of hydrogen-bond donors (Lipinski definition) is 0. The van der Waals surface area contributed by atoms with Gasteiger partial charge >= 0.3 is 6.18 Å². The lowest BCUT2D eigenvalue weighted by Crippen LogP contribution is -2.48. The molecule has 1 aromatic carbocycles. The SMILES string of the molecule is Cc1ccc(-n2nccn2)c(C(=O)N2CCC[C@@H](C)[C@H]2CCc2nnc(C(F)(F)F)s2)c1. The van der Waals surface area contributed by atoms with Crippen molar-refractivity contribution < 1.29 is 18.0 Å². The first kappa shape index (κ1) is 22.4. The maximum Gasteiger partial charge on any atom is 0.445 e. The van der Waals surface area contributed by atoms with Crippen LogP contribution in [0, 0.1) is 12.8 Å². The van der Waals surface area contributed by atoms with Crippen molar-refractivity contribution in [3.8, 4) is 5.69 Å². The van der Waals surface area contributed by atoms with Crippen molar-refractivity contribution in [2.24, 2.45) is 5.92 Å². The van der Waals surface area contributed by atoms with E-state index in [2.05, 4.69) is 27.3 Å². The van der Waals surface area contributed by atoms with Crippen LogP contribution in [0.3, 0.4) is 0 Å². The van der Waals surface area contributed by atoms with Gasteiger partial charge < -0.3 is 4.90 Å². The van der Waals surface area contributed by atoms with E-state index >= 15 is 0 Å². The van der Waals surface area contributed by atoms with Crippen LogP contribution in [0.25, 0.3) is 5.69 Å². The Morgan fingerprint density at radius 3 is 2.66 bits per heavy atom. The third kappa shape index (κ3) is 4.67. The Morgan fingerprint density at radius 2 is 1.97 bits per heavy atom. The summed E-state index contributed by atoms with van der Waals surface area (Å²) in [6, 6.07) is 5.45. The largest absolute Gasteiger partial charge is 0.445 e. The highest BCUT2D eigenvalue weighted by molar-refractivity contribution is 7.11. The van der Waals surface area contributed by atoms with Crippen molar-refractivity contribution in [3.63, 3.8) is 0 Å². The number of rotatable bonds is 5. The van der Waals surface area contributed by atoms with E-state index in [1.54, 1.807) is 12.4 Å². The second-order valence-corrected chi connectivity index (χ2v) is 9.12. The highest BCUT2D eigenvalue weighted by atomic mass is 32.1. The summed E-state index contributed by atoms with van der Waals surface area (Å²) in [6.07, 6.45) is 1.32. The summed E-state index contributed by atoms with van der Waals surface area (Å²) in [5, 5.41) is 14.7. The van der Waals surface area contributed by atoms with Gasteiger partial charge in [-0.3, -0.25) is 4.79 Å². The second-order valence-electron chi connectivity index (χ2n) is 8.06. The Bertz CT molecular complexity index is 1080. The van der Waals surface area contributed by atoms with Gasteiger partial charge in [-0.1, -0.05) is 29.9 Å². The van der Waals surface area contributed by atoms with Crippen LogP contribution in [0.1, 0.15) is 52.1 Å². The molecule has 2 aromatic heterocycles. The predicted octanol–water partition coefficient (Wildman–Crippen LogP) is 4.32. The first-order valence-corrected chi connectivity index (χ1v) is 11.2. The third-order valence-corrected chi connectivity index (χ3v) is 6.78. The minimum Gasteiger partial charge on any atom is -0.335 e. The number of piperidine rings is 1. The number of carbonyl (C=O) groups excluding carboxylic acids is 1. The van der Waals surface area contributed by atoms with Crippen molar-refractivity contribution in [2.75, 3.05) is 6.54 Å². The lowest BCUT2D eigenvalue weighted by molar-refractivity contribution is -0.138. The number of aryl methyl sites for hydroxylation is 2. The predicted molar refractivity (Wildman–Crippen MR) is 113 cm³/mol. The molecule has 11 heteroatoms. The molecule has 0 saturated carbocycles. The molecule has 0 unspecified atom stereocenters. The van der Waals surface area contributed by atoms with Gasteiger partial charge in [-0.2, -0.15) is 28.2 Å². The van der Waals surface area contributed by atoms with Crippen LogP contribution in [0.2, 0.25) is 0 Å². The van der Waals surface area contributed by atoms with Gasteiger partial charge in [0.25, 0.3) is 5.91 Å². The molecule has 1 aliphatic heterocycles. The molecule has 7 nitrogen and oxygen atoms in total. The molecular formula is C21H23F3N6OS. The van der Waals surface area contributed by atoms with Crippen LogP contribution in [0.5, 0.6) is 0 Å². The van der Waals surface area contributed by atoms with Crippen LogP contribution in [0.4, 0.5) is 13.2 Å². The average Bonchev–Trinajstić information content (AvgIpc) is 3.44. The van der Waals surface area contributed by atoms with Crippen LogP contribution < -0.4 is 0 Å². The first-order chi connectivity index (χ1) is 15.2. The Labute approximate surface area is 187 Å². The normalized spacial score (nSPS) is 19.3. The van der Waals surface area contributed by atoms with E-state index in [9.17, 15) is 18.0 Å². The number of likely N-dealkylation sites (tertiary alicyclic amines) is 1. The summed E-state index contributed by atoms with van der Waals surface area (Å²) in [5.41, 5.74) is 2.05. The lowest BCUT2D eigenvalue weighted by Gasteiger charge is -2.40. The van der Waals surface area contributed by atoms with E-state index in [1.165, 1.54) is 4.80 Å². The number of amides is 1. The van der Waals surface area contributed by atoms with Gasteiger partial charge in [-0.05, 0) is 44.2 Å². The standard InChI is InChI=1S/C21H23F3N6OS/c1-13-5-6-17(30-25-9-10-26-30)15(12-13)19(31)29-11-3-4-14(2)16(29)7-8-18-27-28-20(32-18)21(22,23)24/h5-6,9-10,12,14,16H,3-4,7-8,11H2,1-2H3/t14-,16-/m1/s1. The van der Waals surface area contributed by atoms with Crippen molar-refractivity contribution in [1.82, 2.24) is 30.1 Å². The van der Waals surface area contributed by atoms with Gasteiger partial charge in [-0.15, -0.1) is 10.2 Å². The number of hydrogen-bond acceptors (Lipinski definition) is 6. The van der Waals surface area contributed by atoms with Gasteiger partial charge in [-0.25, -0.2) is 0 Å². The van der Waals surface area contributed by atoms with Crippen LogP contribution in [0.15, 0.2) is 30.6 Å². The van der Waals surface area contributed by atoms with Crippen molar-refractivity contribution in [1.29, 1.82) is 0 Å². The van der Waals surface area contributed by atoms with Crippen LogP contribution in [-0.2, 0) is 12.6 Å². The summed E-state index contributed by atoms with van der Waals surface area (Å²) < 4.78 is 38.5. The summed E-state index contributed by atoms with van der Waals surface area (Å²) >= 11 is 0.568. The lowest BCUT2D eigenvalue weighted by atomic mass is 9.87. The minimum atomic E-state index is -4.49. The number of benzene rings is 1. The highest BCUT2D eigenvalue weighted by Gasteiger charge is 2.36. The maximum atomic E-state index is 13.7. The van der Waals surface area contributed by atoms with Crippen molar-refractivity contribution >= 4 is 17.2 Å². The average molecular weight is 465 g/mol. The molecule has 32 heavy (non-hydrogen) atoms. The molecule has 1 saturated heterocycles. The Balaban J connectivity index is 1.57. The zero-order valence-electron chi connectivity index (χ0n) is 17.7. The monoisotopic (exact) mass is 464 g/mol. The fourth-order valence-corrected chi connectivity index (χ4v) is 4.89. The fourth-order valence-electron chi connectivity index (χ4n) is 4.17. The molecule has 0 bridgehead atoms. The quantitative estimate of drug-likeness (QED) is 0.562. The van der Waals surface area contributed by atoms with E-state index < -0.39 is 11.2 Å². The van der Waals surface area contributed by atoms with Gasteiger partial charge in [0, 0.05) is 19.0 Å². The van der Waals surface area contributed by atoms with Gasteiger partial charge in [0.15, 0.2) is 0 Å². The van der Waals surface area contributed by atoms with Crippen LogP contribution >= 0.6 is 11.3 Å². The third-order valence-electron chi connectivity index (χ3n) is 5.76. The zero-order chi connectivity index (χ0) is 22.9. The van der Waals surface area contributed by atoms with E-state index in [-0.39, 0.29) is 17.9 Å². The number of nitrogens with zero attached hydrogens (tertiary/aromatic N) is 6.